The van der Waals surface area contributed by atoms with Crippen LogP contribution in [-0.4, -0.2) is 131 Å². The molecular formula is C48H58FN15O5. The number of nitrogen functional groups attached to an aromatic ring is 1. The largest absolute Gasteiger partial charge is 0.449 e. The number of piperazine rings is 1. The molecule has 0 unspecified atom stereocenters. The van der Waals surface area contributed by atoms with Crippen LogP contribution in [0.25, 0.3) is 44.7 Å². The first-order valence-electron chi connectivity index (χ1n) is 24.5. The summed E-state index contributed by atoms with van der Waals surface area (Å²) in [5.41, 5.74) is 11.1. The number of hydrogen-bond acceptors (Lipinski definition) is 15. The number of hydrogen-bond donors (Lipinski definition) is 2. The average Bonchev–Trinajstić information content (AvgIpc) is 3.86. The van der Waals surface area contributed by atoms with Gasteiger partial charge in [0.1, 0.15) is 29.4 Å². The standard InChI is InChI=1S/C48H58FN15O5/c1-27(2)64-46-39(43(50)53-26-54-46)40(56-64)41-38(42(69-58-41)30-6-7-30)44-51-24-31(25-52-44)29-10-14-62(15-11-29)48(67)68-21-13-28-4-8-32(9-5-28)60-17-19-61(20-18-60)36-23-35-33(22-34(36)49)45(57-59(35)3)63-16-12-37(65)55-47(63)66/h22-30,32H,4-21H2,1-3H3,(H2,50,53,54)(H,55,65,66). The van der Waals surface area contributed by atoms with E-state index in [4.69, 9.17) is 30.1 Å². The maximum atomic E-state index is 15.7. The lowest BCUT2D eigenvalue weighted by molar-refractivity contribution is -0.120. The first-order chi connectivity index (χ1) is 33.5. The summed E-state index contributed by atoms with van der Waals surface area (Å²) in [6, 6.07) is 3.25. The van der Waals surface area contributed by atoms with Crippen LogP contribution >= 0.6 is 0 Å². The van der Waals surface area contributed by atoms with Gasteiger partial charge in [-0.15, -0.1) is 0 Å². The Morgan fingerprint density at radius 2 is 1.65 bits per heavy atom. The molecule has 2 aliphatic carbocycles. The van der Waals surface area contributed by atoms with Crippen LogP contribution in [0.2, 0.25) is 0 Å². The summed E-state index contributed by atoms with van der Waals surface area (Å²) in [5, 5.41) is 17.4. The molecule has 21 heteroatoms. The van der Waals surface area contributed by atoms with E-state index in [2.05, 4.69) is 35.3 Å². The summed E-state index contributed by atoms with van der Waals surface area (Å²) in [7, 11) is 1.78. The van der Waals surface area contributed by atoms with Crippen LogP contribution < -0.4 is 20.9 Å². The van der Waals surface area contributed by atoms with E-state index < -0.39 is 6.03 Å². The Morgan fingerprint density at radius 1 is 0.899 bits per heavy atom. The highest BCUT2D eigenvalue weighted by atomic mass is 19.1. The van der Waals surface area contributed by atoms with E-state index in [0.29, 0.717) is 95.7 Å². The summed E-state index contributed by atoms with van der Waals surface area (Å²) in [4.78, 5) is 63.7. The monoisotopic (exact) mass is 943 g/mol. The number of fused-ring (bicyclic) bond motifs is 2. The Balaban J connectivity index is 0.633. The van der Waals surface area contributed by atoms with E-state index in [1.54, 1.807) is 11.7 Å². The molecule has 69 heavy (non-hydrogen) atoms. The quantitative estimate of drug-likeness (QED) is 0.141. The van der Waals surface area contributed by atoms with Gasteiger partial charge in [-0.2, -0.15) is 10.2 Å². The highest BCUT2D eigenvalue weighted by Gasteiger charge is 2.37. The molecule has 0 atom stereocenters. The lowest BCUT2D eigenvalue weighted by Crippen LogP contribution is -2.51. The second kappa shape index (κ2) is 18.3. The molecule has 20 nitrogen and oxygen atoms in total. The van der Waals surface area contributed by atoms with Gasteiger partial charge in [0.25, 0.3) is 0 Å². The normalized spacial score (nSPS) is 21.0. The smallest absolute Gasteiger partial charge is 0.409 e. The molecule has 3 aliphatic heterocycles. The molecule has 8 heterocycles. The number of imide groups is 1. The van der Waals surface area contributed by atoms with Gasteiger partial charge in [-0.1, -0.05) is 5.16 Å². The number of nitrogens with zero attached hydrogens (tertiary/aromatic N) is 13. The van der Waals surface area contributed by atoms with Crippen LogP contribution in [0.3, 0.4) is 0 Å². The molecule has 5 fully saturated rings. The average molecular weight is 944 g/mol. The van der Waals surface area contributed by atoms with Crippen molar-refractivity contribution in [3.05, 3.63) is 48.0 Å². The van der Waals surface area contributed by atoms with Gasteiger partial charge in [-0.05, 0) is 101 Å². The van der Waals surface area contributed by atoms with E-state index in [9.17, 15) is 14.4 Å². The second-order valence-corrected chi connectivity index (χ2v) is 19.6. The molecule has 11 rings (SSSR count). The number of anilines is 3. The van der Waals surface area contributed by atoms with E-state index in [1.807, 2.05) is 41.9 Å². The zero-order valence-corrected chi connectivity index (χ0v) is 39.3. The maximum absolute atomic E-state index is 15.7. The number of carbonyl (C=O) groups is 3. The van der Waals surface area contributed by atoms with Gasteiger partial charge in [-0.3, -0.25) is 24.6 Å². The van der Waals surface area contributed by atoms with Gasteiger partial charge in [0.2, 0.25) is 5.91 Å². The number of urea groups is 1. The van der Waals surface area contributed by atoms with E-state index in [-0.39, 0.29) is 48.7 Å². The summed E-state index contributed by atoms with van der Waals surface area (Å²) < 4.78 is 31.0. The van der Waals surface area contributed by atoms with Crippen molar-refractivity contribution in [2.75, 3.05) is 68.0 Å². The van der Waals surface area contributed by atoms with Crippen molar-refractivity contribution in [3.8, 4) is 22.8 Å². The van der Waals surface area contributed by atoms with E-state index >= 15 is 4.39 Å². The van der Waals surface area contributed by atoms with Crippen LogP contribution in [0.5, 0.6) is 0 Å². The number of amides is 4. The second-order valence-electron chi connectivity index (χ2n) is 19.6. The summed E-state index contributed by atoms with van der Waals surface area (Å²) in [5.74, 6) is 2.24. The minimum Gasteiger partial charge on any atom is -0.449 e. The lowest BCUT2D eigenvalue weighted by Gasteiger charge is -2.42. The Hall–Kier alpha value is -6.77. The van der Waals surface area contributed by atoms with Crippen molar-refractivity contribution < 1.29 is 28.0 Å². The van der Waals surface area contributed by atoms with Gasteiger partial charge < -0.3 is 24.8 Å². The highest BCUT2D eigenvalue weighted by Crippen LogP contribution is 2.48. The number of rotatable bonds is 11. The number of aromatic nitrogens is 9. The Labute approximate surface area is 397 Å². The highest BCUT2D eigenvalue weighted by molar-refractivity contribution is 6.09. The third-order valence-electron chi connectivity index (χ3n) is 15.0. The fourth-order valence-electron chi connectivity index (χ4n) is 10.9. The molecule has 3 saturated heterocycles. The van der Waals surface area contributed by atoms with Gasteiger partial charge in [0.05, 0.1) is 28.8 Å². The first kappa shape index (κ1) is 44.7. The van der Waals surface area contributed by atoms with Crippen LogP contribution in [0.4, 0.5) is 31.3 Å². The molecule has 362 valence electrons. The molecule has 0 bridgehead atoms. The van der Waals surface area contributed by atoms with Crippen LogP contribution in [0, 0.1) is 11.7 Å². The number of ether oxygens (including phenoxy) is 1. The molecule has 6 aromatic rings. The number of nitrogens with one attached hydrogen (secondary N) is 1. The molecular weight excluding hydrogens is 886 g/mol. The fraction of sp³-hybridized carbons (Fsp3) is 0.542. The van der Waals surface area contributed by atoms with Gasteiger partial charge in [-0.25, -0.2) is 38.6 Å². The minimum absolute atomic E-state index is 0.0298. The Morgan fingerprint density at radius 3 is 2.36 bits per heavy atom. The molecule has 5 aliphatic rings. The number of benzene rings is 1. The summed E-state index contributed by atoms with van der Waals surface area (Å²) in [6.07, 6.45) is 14.0. The van der Waals surface area contributed by atoms with Crippen LogP contribution in [-0.2, 0) is 16.6 Å². The van der Waals surface area contributed by atoms with Crippen molar-refractivity contribution in [3.63, 3.8) is 0 Å². The van der Waals surface area contributed by atoms with Gasteiger partial charge in [0.15, 0.2) is 23.0 Å². The molecule has 1 aromatic carbocycles. The predicted molar refractivity (Wildman–Crippen MR) is 254 cm³/mol. The fourth-order valence-corrected chi connectivity index (χ4v) is 10.9. The van der Waals surface area contributed by atoms with Gasteiger partial charge in [0, 0.05) is 95.1 Å². The molecule has 0 radical (unpaired) electrons. The predicted octanol–water partition coefficient (Wildman–Crippen LogP) is 6.54. The molecule has 5 aromatic heterocycles. The van der Waals surface area contributed by atoms with E-state index in [0.717, 1.165) is 93.3 Å². The number of carbonyl (C=O) groups excluding carboxylic acids is 3. The summed E-state index contributed by atoms with van der Waals surface area (Å²) >= 11 is 0. The van der Waals surface area contributed by atoms with Crippen LogP contribution in [0.1, 0.15) is 107 Å². The number of aryl methyl sites for hydroxylation is 1. The van der Waals surface area contributed by atoms with Crippen molar-refractivity contribution in [1.82, 2.24) is 59.8 Å². The number of nitrogens with two attached hydrogens (primary N) is 1. The maximum Gasteiger partial charge on any atom is 0.409 e. The Kier molecular flexibility index (Phi) is 11.8. The summed E-state index contributed by atoms with van der Waals surface area (Å²) in [6.45, 7) is 9.01. The first-order valence-corrected chi connectivity index (χ1v) is 24.5. The van der Waals surface area contributed by atoms with Crippen LogP contribution in [0.15, 0.2) is 35.4 Å². The SMILES string of the molecule is CC(C)n1nc(-c2noc(C3CC3)c2-c2ncc(C3CCN(C(=O)OCCC4CCC(N5CCN(c6cc7c(cc6F)c(N6CCC(=O)NC6=O)nn7C)CC5)CC4)CC3)cn2)c2c(N)ncnc21. The zero-order chi connectivity index (χ0) is 47.5. The number of halogens is 1. The van der Waals surface area contributed by atoms with E-state index in [1.165, 1.54) is 17.3 Å². The van der Waals surface area contributed by atoms with Crippen molar-refractivity contribution >= 4 is 57.3 Å². The Bertz CT molecular complexity index is 2900. The topological polar surface area (TPSA) is 225 Å². The van der Waals surface area contributed by atoms with Gasteiger partial charge >= 0.3 is 12.1 Å². The molecule has 0 spiro atoms. The number of piperidine rings is 1. The van der Waals surface area contributed by atoms with Crippen molar-refractivity contribution in [2.24, 2.45) is 13.0 Å². The third-order valence-corrected chi connectivity index (χ3v) is 15.0. The molecule has 2 saturated carbocycles. The lowest BCUT2D eigenvalue weighted by atomic mass is 9.83. The zero-order valence-electron chi connectivity index (χ0n) is 39.3. The van der Waals surface area contributed by atoms with Crippen molar-refractivity contribution in [2.45, 2.75) is 102 Å². The minimum atomic E-state index is -0.545. The van der Waals surface area contributed by atoms with Crippen molar-refractivity contribution in [1.29, 1.82) is 0 Å². The molecule has 4 amide bonds. The number of likely N-dealkylation sites (tertiary alicyclic amines) is 1. The molecule has 3 N–H and O–H groups in total. The third kappa shape index (κ3) is 8.58.